The molecule has 5 rings (SSSR count). The van der Waals surface area contributed by atoms with Crippen LogP contribution >= 0.6 is 0 Å². The zero-order chi connectivity index (χ0) is 22.9. The van der Waals surface area contributed by atoms with E-state index in [4.69, 9.17) is 13.9 Å². The average Bonchev–Trinajstić information content (AvgIpc) is 3.12. The second kappa shape index (κ2) is 9.00. The van der Waals surface area contributed by atoms with E-state index in [2.05, 4.69) is 4.90 Å². The normalized spacial score (nSPS) is 18.7. The van der Waals surface area contributed by atoms with E-state index >= 15 is 0 Å². The maximum absolute atomic E-state index is 13.6. The molecule has 0 spiro atoms. The quantitative estimate of drug-likeness (QED) is 0.576. The van der Waals surface area contributed by atoms with Crippen LogP contribution in [-0.2, 0) is 4.74 Å². The molecular formula is C26H28N2O5. The zero-order valence-electron chi connectivity index (χ0n) is 19.0. The highest BCUT2D eigenvalue weighted by atomic mass is 16.5. The molecular weight excluding hydrogens is 420 g/mol. The lowest BCUT2D eigenvalue weighted by Gasteiger charge is -2.29. The second-order valence-electron chi connectivity index (χ2n) is 8.66. The first kappa shape index (κ1) is 21.7. The van der Waals surface area contributed by atoms with Gasteiger partial charge in [-0.15, -0.1) is 0 Å². The van der Waals surface area contributed by atoms with Crippen molar-refractivity contribution in [2.24, 2.45) is 0 Å². The number of carbonyl (C=O) groups is 1. The molecule has 0 saturated carbocycles. The lowest BCUT2D eigenvalue weighted by molar-refractivity contribution is 0.0353. The number of fused-ring (bicyclic) bond motifs is 2. The predicted molar refractivity (Wildman–Crippen MR) is 125 cm³/mol. The minimum Gasteiger partial charge on any atom is -0.497 e. The second-order valence-corrected chi connectivity index (χ2v) is 8.66. The molecule has 0 radical (unpaired) electrons. The molecule has 0 bridgehead atoms. The summed E-state index contributed by atoms with van der Waals surface area (Å²) in [4.78, 5) is 31.3. The summed E-state index contributed by atoms with van der Waals surface area (Å²) in [6.45, 7) is 6.62. The lowest BCUT2D eigenvalue weighted by atomic mass is 9.98. The summed E-state index contributed by atoms with van der Waals surface area (Å²) in [6, 6.07) is 12.5. The van der Waals surface area contributed by atoms with E-state index in [1.807, 2.05) is 43.3 Å². The summed E-state index contributed by atoms with van der Waals surface area (Å²) in [6.07, 6.45) is 0.799. The van der Waals surface area contributed by atoms with Crippen LogP contribution in [-0.4, -0.2) is 62.2 Å². The first-order valence-corrected chi connectivity index (χ1v) is 11.4. The van der Waals surface area contributed by atoms with Gasteiger partial charge in [0.15, 0.2) is 5.43 Å². The van der Waals surface area contributed by atoms with Crippen molar-refractivity contribution < 1.29 is 18.7 Å². The third kappa shape index (κ3) is 4.03. The van der Waals surface area contributed by atoms with Crippen LogP contribution in [0.2, 0.25) is 0 Å². The molecule has 0 unspecified atom stereocenters. The Morgan fingerprint density at radius 2 is 1.88 bits per heavy atom. The Hall–Kier alpha value is -3.16. The van der Waals surface area contributed by atoms with Crippen LogP contribution in [0.4, 0.5) is 0 Å². The number of rotatable bonds is 6. The van der Waals surface area contributed by atoms with Gasteiger partial charge < -0.3 is 18.8 Å². The summed E-state index contributed by atoms with van der Waals surface area (Å²) < 4.78 is 16.9. The minimum atomic E-state index is -0.506. The van der Waals surface area contributed by atoms with Crippen molar-refractivity contribution >= 4 is 16.9 Å². The Bertz CT molecular complexity index is 1250. The molecule has 172 valence electrons. The standard InChI is InChI=1S/C26H28N2O5/c1-17-7-8-21-20(15-17)24(29)22-23(18-5-3-6-19(16-18)31-2)28(26(30)25(22)33-21)10-4-9-27-11-13-32-14-12-27/h3,5-8,15-16,23H,4,9-14H2,1-2H3/t23-/m0/s1. The topological polar surface area (TPSA) is 72.2 Å². The Balaban J connectivity index is 1.55. The molecule has 3 aromatic rings. The molecule has 2 aliphatic rings. The van der Waals surface area contributed by atoms with Gasteiger partial charge in [0.1, 0.15) is 11.3 Å². The van der Waals surface area contributed by atoms with E-state index in [1.165, 1.54) is 0 Å². The summed E-state index contributed by atoms with van der Waals surface area (Å²) in [7, 11) is 1.61. The first-order valence-electron chi connectivity index (χ1n) is 11.4. The van der Waals surface area contributed by atoms with Crippen LogP contribution in [0.5, 0.6) is 5.75 Å². The fraction of sp³-hybridized carbons (Fsp3) is 0.385. The number of methoxy groups -OCH3 is 1. The molecule has 1 atom stereocenters. The number of carbonyl (C=O) groups excluding carboxylic acids is 1. The van der Waals surface area contributed by atoms with Crippen molar-refractivity contribution in [1.82, 2.24) is 9.80 Å². The summed E-state index contributed by atoms with van der Waals surface area (Å²) in [5.74, 6) is 0.595. The van der Waals surface area contributed by atoms with Gasteiger partial charge in [0, 0.05) is 26.2 Å². The van der Waals surface area contributed by atoms with Crippen LogP contribution in [0.15, 0.2) is 51.7 Å². The SMILES string of the molecule is COc1cccc([C@H]2c3c(oc4ccc(C)cc4c3=O)C(=O)N2CCCN2CCOCC2)c1. The van der Waals surface area contributed by atoms with E-state index in [1.54, 1.807) is 18.1 Å². The van der Waals surface area contributed by atoms with Gasteiger partial charge >= 0.3 is 0 Å². The van der Waals surface area contributed by atoms with Crippen LogP contribution in [0.3, 0.4) is 0 Å². The van der Waals surface area contributed by atoms with Crippen molar-refractivity contribution in [3.05, 3.63) is 75.1 Å². The molecule has 0 aliphatic carbocycles. The van der Waals surface area contributed by atoms with Gasteiger partial charge in [-0.2, -0.15) is 0 Å². The van der Waals surface area contributed by atoms with E-state index in [0.29, 0.717) is 28.8 Å². The molecule has 1 fully saturated rings. The number of hydrogen-bond acceptors (Lipinski definition) is 6. The van der Waals surface area contributed by atoms with Crippen LogP contribution in [0.1, 0.15) is 39.7 Å². The van der Waals surface area contributed by atoms with Gasteiger partial charge in [-0.05, 0) is 43.2 Å². The molecule has 0 N–H and O–H groups in total. The van der Waals surface area contributed by atoms with E-state index in [9.17, 15) is 9.59 Å². The fourth-order valence-corrected chi connectivity index (χ4v) is 4.81. The fourth-order valence-electron chi connectivity index (χ4n) is 4.81. The Kier molecular flexibility index (Phi) is 5.91. The van der Waals surface area contributed by atoms with Gasteiger partial charge in [0.25, 0.3) is 5.91 Å². The van der Waals surface area contributed by atoms with Gasteiger partial charge in [-0.3, -0.25) is 14.5 Å². The highest BCUT2D eigenvalue weighted by Gasteiger charge is 2.42. The monoisotopic (exact) mass is 448 g/mol. The van der Waals surface area contributed by atoms with E-state index < -0.39 is 6.04 Å². The number of aryl methyl sites for hydroxylation is 1. The van der Waals surface area contributed by atoms with Gasteiger partial charge in [-0.25, -0.2) is 0 Å². The molecule has 1 aromatic heterocycles. The lowest BCUT2D eigenvalue weighted by Crippen LogP contribution is -2.38. The molecule has 7 nitrogen and oxygen atoms in total. The molecule has 1 amide bonds. The van der Waals surface area contributed by atoms with Gasteiger partial charge in [-0.1, -0.05) is 23.8 Å². The molecule has 3 heterocycles. The van der Waals surface area contributed by atoms with Gasteiger partial charge in [0.2, 0.25) is 5.76 Å². The largest absolute Gasteiger partial charge is 0.497 e. The molecule has 2 aliphatic heterocycles. The number of ether oxygens (including phenoxy) is 2. The highest BCUT2D eigenvalue weighted by Crippen LogP contribution is 2.39. The number of amides is 1. The molecule has 1 saturated heterocycles. The molecule has 7 heteroatoms. The van der Waals surface area contributed by atoms with E-state index in [0.717, 1.165) is 50.4 Å². The van der Waals surface area contributed by atoms with Crippen molar-refractivity contribution in [2.75, 3.05) is 46.5 Å². The Morgan fingerprint density at radius 1 is 1.06 bits per heavy atom. The average molecular weight is 449 g/mol. The highest BCUT2D eigenvalue weighted by molar-refractivity contribution is 5.99. The minimum absolute atomic E-state index is 0.146. The maximum atomic E-state index is 13.6. The number of hydrogen-bond donors (Lipinski definition) is 0. The maximum Gasteiger partial charge on any atom is 0.290 e. The zero-order valence-corrected chi connectivity index (χ0v) is 19.0. The predicted octanol–water partition coefficient (Wildman–Crippen LogP) is 3.38. The van der Waals surface area contributed by atoms with Crippen LogP contribution in [0, 0.1) is 6.92 Å². The molecule has 2 aromatic carbocycles. The first-order chi connectivity index (χ1) is 16.1. The van der Waals surface area contributed by atoms with Crippen molar-refractivity contribution in [1.29, 1.82) is 0 Å². The number of benzene rings is 2. The third-order valence-corrected chi connectivity index (χ3v) is 6.51. The van der Waals surface area contributed by atoms with Crippen LogP contribution < -0.4 is 10.2 Å². The number of nitrogens with zero attached hydrogens (tertiary/aromatic N) is 2. The summed E-state index contributed by atoms with van der Waals surface area (Å²) >= 11 is 0. The third-order valence-electron chi connectivity index (χ3n) is 6.51. The van der Waals surface area contributed by atoms with Crippen molar-refractivity contribution in [2.45, 2.75) is 19.4 Å². The molecule has 33 heavy (non-hydrogen) atoms. The van der Waals surface area contributed by atoms with Crippen molar-refractivity contribution in [3.63, 3.8) is 0 Å². The van der Waals surface area contributed by atoms with Crippen molar-refractivity contribution in [3.8, 4) is 5.75 Å². The van der Waals surface area contributed by atoms with Crippen LogP contribution in [0.25, 0.3) is 11.0 Å². The summed E-state index contributed by atoms with van der Waals surface area (Å²) in [5, 5.41) is 0.504. The Morgan fingerprint density at radius 3 is 2.67 bits per heavy atom. The van der Waals surface area contributed by atoms with Gasteiger partial charge in [0.05, 0.1) is 37.3 Å². The summed E-state index contributed by atoms with van der Waals surface area (Å²) in [5.41, 5.74) is 2.52. The number of morpholine rings is 1. The Labute approximate surface area is 192 Å². The van der Waals surface area contributed by atoms with E-state index in [-0.39, 0.29) is 17.1 Å². The smallest absolute Gasteiger partial charge is 0.290 e.